The van der Waals surface area contributed by atoms with Crippen LogP contribution in [-0.2, 0) is 9.68 Å². The van der Waals surface area contributed by atoms with E-state index in [4.69, 9.17) is 10.4 Å². The first-order valence-electron chi connectivity index (χ1n) is 3.71. The molecule has 0 heterocycles. The summed E-state index contributed by atoms with van der Waals surface area (Å²) in [4.78, 5) is 14.2. The molecule has 0 aromatic rings. The van der Waals surface area contributed by atoms with E-state index in [9.17, 15) is 4.79 Å². The van der Waals surface area contributed by atoms with Crippen LogP contribution < -0.4 is 0 Å². The number of aliphatic carboxylic acids is 1. The fraction of sp³-hybridized carbons (Fsp3) is 0.857. The Morgan fingerprint density at radius 1 is 1.64 bits per heavy atom. The van der Waals surface area contributed by atoms with Gasteiger partial charge >= 0.3 is 5.97 Å². The van der Waals surface area contributed by atoms with Crippen LogP contribution in [0.1, 0.15) is 26.2 Å². The second-order valence-corrected chi connectivity index (χ2v) is 2.42. The number of carbonyl (C=O) groups is 1. The van der Waals surface area contributed by atoms with E-state index in [0.717, 1.165) is 0 Å². The summed E-state index contributed by atoms with van der Waals surface area (Å²) in [6.45, 7) is 2.04. The van der Waals surface area contributed by atoms with Gasteiger partial charge < -0.3 is 5.11 Å². The van der Waals surface area contributed by atoms with Crippen molar-refractivity contribution < 1.29 is 20.0 Å². The van der Waals surface area contributed by atoms with Crippen molar-refractivity contribution in [1.82, 2.24) is 0 Å². The average molecular weight is 162 g/mol. The second-order valence-electron chi connectivity index (χ2n) is 2.42. The molecular formula is C7H14O4. The van der Waals surface area contributed by atoms with Crippen molar-refractivity contribution in [2.75, 3.05) is 6.61 Å². The normalized spacial score (nSPS) is 12.9. The third kappa shape index (κ3) is 4.75. The molecule has 2 N–H and O–H groups in total. The van der Waals surface area contributed by atoms with Gasteiger partial charge in [-0.1, -0.05) is 6.92 Å². The zero-order chi connectivity index (χ0) is 8.69. The molecule has 0 fully saturated rings. The van der Waals surface area contributed by atoms with Gasteiger partial charge in [0, 0.05) is 0 Å². The lowest BCUT2D eigenvalue weighted by Gasteiger charge is -2.07. The van der Waals surface area contributed by atoms with Gasteiger partial charge in [-0.15, -0.1) is 0 Å². The highest BCUT2D eigenvalue weighted by molar-refractivity contribution is 5.69. The SMILES string of the molecule is CCC(CCCOO)C(=O)O. The van der Waals surface area contributed by atoms with E-state index in [1.165, 1.54) is 0 Å². The van der Waals surface area contributed by atoms with E-state index in [1.807, 2.05) is 6.92 Å². The molecule has 66 valence electrons. The summed E-state index contributed by atoms with van der Waals surface area (Å²) in [5, 5.41) is 16.5. The number of hydrogen-bond acceptors (Lipinski definition) is 3. The zero-order valence-electron chi connectivity index (χ0n) is 6.62. The van der Waals surface area contributed by atoms with Crippen LogP contribution in [0.2, 0.25) is 0 Å². The molecule has 0 saturated carbocycles. The largest absolute Gasteiger partial charge is 0.481 e. The molecule has 0 aromatic heterocycles. The molecule has 0 aliphatic rings. The molecule has 11 heavy (non-hydrogen) atoms. The summed E-state index contributed by atoms with van der Waals surface area (Å²) in [5.41, 5.74) is 0. The van der Waals surface area contributed by atoms with Crippen molar-refractivity contribution in [3.8, 4) is 0 Å². The predicted octanol–water partition coefficient (Wildman–Crippen LogP) is 1.37. The lowest BCUT2D eigenvalue weighted by atomic mass is 10.0. The minimum Gasteiger partial charge on any atom is -0.481 e. The zero-order valence-corrected chi connectivity index (χ0v) is 6.62. The minimum absolute atomic E-state index is 0.212. The monoisotopic (exact) mass is 162 g/mol. The molecule has 0 aromatic carbocycles. The van der Waals surface area contributed by atoms with Crippen molar-refractivity contribution in [2.24, 2.45) is 5.92 Å². The highest BCUT2D eigenvalue weighted by Crippen LogP contribution is 2.10. The molecular weight excluding hydrogens is 148 g/mol. The van der Waals surface area contributed by atoms with Crippen molar-refractivity contribution >= 4 is 5.97 Å². The molecule has 0 amide bonds. The van der Waals surface area contributed by atoms with Crippen LogP contribution in [0.3, 0.4) is 0 Å². The Morgan fingerprint density at radius 2 is 2.27 bits per heavy atom. The fourth-order valence-electron chi connectivity index (χ4n) is 0.897. The molecule has 1 atom stereocenters. The van der Waals surface area contributed by atoms with E-state index < -0.39 is 5.97 Å². The van der Waals surface area contributed by atoms with E-state index in [-0.39, 0.29) is 12.5 Å². The molecule has 0 radical (unpaired) electrons. The van der Waals surface area contributed by atoms with Crippen LogP contribution in [0.25, 0.3) is 0 Å². The summed E-state index contributed by atoms with van der Waals surface area (Å²) in [6.07, 6.45) is 1.77. The average Bonchev–Trinajstić information content (AvgIpc) is 1.97. The molecule has 0 saturated heterocycles. The van der Waals surface area contributed by atoms with Crippen molar-refractivity contribution in [3.05, 3.63) is 0 Å². The first-order valence-corrected chi connectivity index (χ1v) is 3.71. The second kappa shape index (κ2) is 6.12. The van der Waals surface area contributed by atoms with Gasteiger partial charge in [-0.25, -0.2) is 4.89 Å². The Morgan fingerprint density at radius 3 is 2.64 bits per heavy atom. The van der Waals surface area contributed by atoms with Crippen LogP contribution in [0.4, 0.5) is 0 Å². The first kappa shape index (κ1) is 10.4. The van der Waals surface area contributed by atoms with Gasteiger partial charge in [0.15, 0.2) is 0 Å². The van der Waals surface area contributed by atoms with E-state index in [0.29, 0.717) is 19.3 Å². The Kier molecular flexibility index (Phi) is 5.78. The minimum atomic E-state index is -0.773. The maximum absolute atomic E-state index is 10.4. The van der Waals surface area contributed by atoms with Gasteiger partial charge in [0.25, 0.3) is 0 Å². The third-order valence-electron chi connectivity index (χ3n) is 1.63. The van der Waals surface area contributed by atoms with Gasteiger partial charge in [0.05, 0.1) is 12.5 Å². The number of hydrogen-bond donors (Lipinski definition) is 2. The number of carboxylic acids is 1. The number of rotatable bonds is 6. The molecule has 0 bridgehead atoms. The first-order chi connectivity index (χ1) is 5.22. The van der Waals surface area contributed by atoms with E-state index >= 15 is 0 Å². The maximum Gasteiger partial charge on any atom is 0.306 e. The summed E-state index contributed by atoms with van der Waals surface area (Å²) < 4.78 is 0. The van der Waals surface area contributed by atoms with Crippen LogP contribution in [0.5, 0.6) is 0 Å². The van der Waals surface area contributed by atoms with Crippen molar-refractivity contribution in [2.45, 2.75) is 26.2 Å². The molecule has 0 aliphatic carbocycles. The van der Waals surface area contributed by atoms with Crippen LogP contribution in [-0.4, -0.2) is 22.9 Å². The maximum atomic E-state index is 10.4. The number of carboxylic acid groups (broad SMARTS) is 1. The molecule has 0 spiro atoms. The van der Waals surface area contributed by atoms with Gasteiger partial charge in [-0.2, -0.15) is 0 Å². The van der Waals surface area contributed by atoms with E-state index in [1.54, 1.807) is 0 Å². The lowest BCUT2D eigenvalue weighted by Crippen LogP contribution is -2.13. The standard InChI is InChI=1S/C7H14O4/c1-2-6(7(8)9)4-3-5-11-10/h6,10H,2-5H2,1H3,(H,8,9). The predicted molar refractivity (Wildman–Crippen MR) is 39.2 cm³/mol. The topological polar surface area (TPSA) is 66.8 Å². The van der Waals surface area contributed by atoms with Crippen LogP contribution in [0, 0.1) is 5.92 Å². The Hall–Kier alpha value is -0.610. The summed E-state index contributed by atoms with van der Waals surface area (Å²) >= 11 is 0. The molecule has 4 nitrogen and oxygen atoms in total. The smallest absolute Gasteiger partial charge is 0.306 e. The van der Waals surface area contributed by atoms with E-state index in [2.05, 4.69) is 4.89 Å². The molecule has 4 heteroatoms. The lowest BCUT2D eigenvalue weighted by molar-refractivity contribution is -0.243. The van der Waals surface area contributed by atoms with Gasteiger partial charge in [-0.05, 0) is 19.3 Å². The van der Waals surface area contributed by atoms with Crippen LogP contribution in [0.15, 0.2) is 0 Å². The molecule has 0 aliphatic heterocycles. The summed E-state index contributed by atoms with van der Waals surface area (Å²) in [6, 6.07) is 0. The highest BCUT2D eigenvalue weighted by Gasteiger charge is 2.13. The summed E-state index contributed by atoms with van der Waals surface area (Å²) in [7, 11) is 0. The quantitative estimate of drug-likeness (QED) is 0.351. The molecule has 1 unspecified atom stereocenters. The summed E-state index contributed by atoms with van der Waals surface area (Å²) in [5.74, 6) is -1.07. The van der Waals surface area contributed by atoms with Crippen LogP contribution >= 0.6 is 0 Å². The highest BCUT2D eigenvalue weighted by atomic mass is 17.1. The van der Waals surface area contributed by atoms with Gasteiger partial charge in [0.2, 0.25) is 0 Å². The Balaban J connectivity index is 3.44. The van der Waals surface area contributed by atoms with Crippen molar-refractivity contribution in [1.29, 1.82) is 0 Å². The fourth-order valence-corrected chi connectivity index (χ4v) is 0.897. The third-order valence-corrected chi connectivity index (χ3v) is 1.63. The van der Waals surface area contributed by atoms with Crippen molar-refractivity contribution in [3.63, 3.8) is 0 Å². The Bertz CT molecular complexity index is 113. The van der Waals surface area contributed by atoms with Gasteiger partial charge in [-0.3, -0.25) is 10.1 Å². The Labute approximate surface area is 65.7 Å². The molecule has 0 rings (SSSR count). The van der Waals surface area contributed by atoms with Gasteiger partial charge in [0.1, 0.15) is 0 Å².